The molecule has 4 heteroatoms. The molecule has 1 heterocycles. The lowest BCUT2D eigenvalue weighted by atomic mass is 10.0. The molecule has 4 nitrogen and oxygen atoms in total. The van der Waals surface area contributed by atoms with Gasteiger partial charge >= 0.3 is 0 Å². The Hall–Kier alpha value is -0.610. The van der Waals surface area contributed by atoms with E-state index < -0.39 is 0 Å². The van der Waals surface area contributed by atoms with Crippen molar-refractivity contribution in [3.05, 3.63) is 0 Å². The van der Waals surface area contributed by atoms with E-state index in [0.29, 0.717) is 18.6 Å². The molecule has 0 bridgehead atoms. The van der Waals surface area contributed by atoms with Crippen molar-refractivity contribution in [2.45, 2.75) is 45.2 Å². The molecule has 0 spiro atoms. The predicted molar refractivity (Wildman–Crippen MR) is 61.5 cm³/mol. The third kappa shape index (κ3) is 4.62. The number of carbonyl (C=O) groups is 1. The summed E-state index contributed by atoms with van der Waals surface area (Å²) < 4.78 is 0. The maximum atomic E-state index is 10.9. The first kappa shape index (κ1) is 12.5. The molecule has 3 N–H and O–H groups in total. The van der Waals surface area contributed by atoms with Crippen molar-refractivity contribution in [3.8, 4) is 0 Å². The molecule has 15 heavy (non-hydrogen) atoms. The number of nitrogens with two attached hydrogens (primary N) is 1. The number of nitrogens with zero attached hydrogens (tertiary/aromatic N) is 1. The molecule has 0 saturated carbocycles. The molecule has 0 aliphatic carbocycles. The molecule has 1 aliphatic heterocycles. The van der Waals surface area contributed by atoms with Crippen molar-refractivity contribution in [1.29, 1.82) is 0 Å². The Morgan fingerprint density at radius 3 is 2.87 bits per heavy atom. The predicted octanol–water partition coefficient (Wildman–Crippen LogP) is 0.324. The van der Waals surface area contributed by atoms with Crippen LogP contribution in [-0.4, -0.2) is 42.5 Å². The SMILES string of the molecule is CC(C)NCC1CCCCN1CC(N)=O. The quantitative estimate of drug-likeness (QED) is 0.691. The van der Waals surface area contributed by atoms with Gasteiger partial charge in [-0.1, -0.05) is 20.3 Å². The van der Waals surface area contributed by atoms with Crippen molar-refractivity contribution >= 4 is 5.91 Å². The first-order valence-electron chi connectivity index (χ1n) is 5.85. The molecule has 1 saturated heterocycles. The zero-order valence-corrected chi connectivity index (χ0v) is 9.83. The summed E-state index contributed by atoms with van der Waals surface area (Å²) in [6.07, 6.45) is 3.62. The lowest BCUT2D eigenvalue weighted by molar-refractivity contribution is -0.120. The van der Waals surface area contributed by atoms with Gasteiger partial charge in [0.15, 0.2) is 0 Å². The second-order valence-electron chi connectivity index (χ2n) is 4.65. The second-order valence-corrected chi connectivity index (χ2v) is 4.65. The third-order valence-corrected chi connectivity index (χ3v) is 2.87. The summed E-state index contributed by atoms with van der Waals surface area (Å²) in [4.78, 5) is 13.1. The van der Waals surface area contributed by atoms with E-state index in [1.54, 1.807) is 0 Å². The van der Waals surface area contributed by atoms with Crippen LogP contribution in [0.3, 0.4) is 0 Å². The van der Waals surface area contributed by atoms with Gasteiger partial charge in [0, 0.05) is 18.6 Å². The molecule has 1 amide bonds. The molecular weight excluding hydrogens is 190 g/mol. The highest BCUT2D eigenvalue weighted by Crippen LogP contribution is 2.15. The number of rotatable bonds is 5. The minimum absolute atomic E-state index is 0.216. The summed E-state index contributed by atoms with van der Waals surface area (Å²) in [5.74, 6) is -0.216. The average Bonchev–Trinajstić information content (AvgIpc) is 2.15. The van der Waals surface area contributed by atoms with Crippen molar-refractivity contribution < 1.29 is 4.79 Å². The molecule has 1 unspecified atom stereocenters. The first-order chi connectivity index (χ1) is 7.09. The van der Waals surface area contributed by atoms with Gasteiger partial charge < -0.3 is 11.1 Å². The number of carbonyl (C=O) groups excluding carboxylic acids is 1. The maximum absolute atomic E-state index is 10.9. The number of amides is 1. The van der Waals surface area contributed by atoms with Gasteiger partial charge in [-0.05, 0) is 19.4 Å². The minimum atomic E-state index is -0.216. The van der Waals surface area contributed by atoms with E-state index >= 15 is 0 Å². The number of likely N-dealkylation sites (tertiary alicyclic amines) is 1. The molecule has 0 aromatic carbocycles. The van der Waals surface area contributed by atoms with Crippen molar-refractivity contribution in [3.63, 3.8) is 0 Å². The fourth-order valence-electron chi connectivity index (χ4n) is 2.07. The van der Waals surface area contributed by atoms with Crippen LogP contribution in [0.5, 0.6) is 0 Å². The van der Waals surface area contributed by atoms with Gasteiger partial charge in [-0.3, -0.25) is 9.69 Å². The summed E-state index contributed by atoms with van der Waals surface area (Å²) >= 11 is 0. The van der Waals surface area contributed by atoms with Crippen LogP contribution in [-0.2, 0) is 4.79 Å². The first-order valence-corrected chi connectivity index (χ1v) is 5.85. The van der Waals surface area contributed by atoms with Crippen LogP contribution in [0.25, 0.3) is 0 Å². The third-order valence-electron chi connectivity index (χ3n) is 2.87. The van der Waals surface area contributed by atoms with Crippen LogP contribution in [0.15, 0.2) is 0 Å². The van der Waals surface area contributed by atoms with E-state index in [2.05, 4.69) is 24.1 Å². The zero-order chi connectivity index (χ0) is 11.3. The summed E-state index contributed by atoms with van der Waals surface area (Å²) in [5.41, 5.74) is 5.24. The molecule has 0 radical (unpaired) electrons. The van der Waals surface area contributed by atoms with Gasteiger partial charge in [0.2, 0.25) is 5.91 Å². The van der Waals surface area contributed by atoms with Gasteiger partial charge in [-0.2, -0.15) is 0 Å². The number of hydrogen-bond donors (Lipinski definition) is 2. The lowest BCUT2D eigenvalue weighted by Gasteiger charge is -2.35. The average molecular weight is 213 g/mol. The van der Waals surface area contributed by atoms with Crippen LogP contribution in [0.1, 0.15) is 33.1 Å². The molecule has 1 aliphatic rings. The fourth-order valence-corrected chi connectivity index (χ4v) is 2.07. The lowest BCUT2D eigenvalue weighted by Crippen LogP contribution is -2.49. The zero-order valence-electron chi connectivity index (χ0n) is 9.83. The van der Waals surface area contributed by atoms with Crippen LogP contribution in [0.4, 0.5) is 0 Å². The molecule has 1 fully saturated rings. The van der Waals surface area contributed by atoms with E-state index in [4.69, 9.17) is 5.73 Å². The molecule has 1 atom stereocenters. The highest BCUT2D eigenvalue weighted by Gasteiger charge is 2.23. The van der Waals surface area contributed by atoms with Gasteiger partial charge in [-0.15, -0.1) is 0 Å². The van der Waals surface area contributed by atoms with Crippen LogP contribution >= 0.6 is 0 Å². The number of nitrogens with one attached hydrogen (secondary N) is 1. The highest BCUT2D eigenvalue weighted by molar-refractivity contribution is 5.75. The summed E-state index contributed by atoms with van der Waals surface area (Å²) in [5, 5.41) is 3.42. The van der Waals surface area contributed by atoms with E-state index in [1.165, 1.54) is 19.3 Å². The highest BCUT2D eigenvalue weighted by atomic mass is 16.1. The van der Waals surface area contributed by atoms with E-state index in [-0.39, 0.29) is 5.91 Å². The Morgan fingerprint density at radius 1 is 1.53 bits per heavy atom. The Balaban J connectivity index is 2.39. The Bertz CT molecular complexity index is 206. The van der Waals surface area contributed by atoms with E-state index in [9.17, 15) is 4.79 Å². The second kappa shape index (κ2) is 6.08. The van der Waals surface area contributed by atoms with Crippen LogP contribution in [0.2, 0.25) is 0 Å². The van der Waals surface area contributed by atoms with Crippen LogP contribution < -0.4 is 11.1 Å². The summed E-state index contributed by atoms with van der Waals surface area (Å²) in [6.45, 7) is 6.66. The standard InChI is InChI=1S/C11H23N3O/c1-9(2)13-7-10-5-3-4-6-14(10)8-11(12)15/h9-10,13H,3-8H2,1-2H3,(H2,12,15). The van der Waals surface area contributed by atoms with Gasteiger partial charge in [0.25, 0.3) is 0 Å². The van der Waals surface area contributed by atoms with Gasteiger partial charge in [0.1, 0.15) is 0 Å². The van der Waals surface area contributed by atoms with Crippen LogP contribution in [0, 0.1) is 0 Å². The van der Waals surface area contributed by atoms with Gasteiger partial charge in [0.05, 0.1) is 6.54 Å². The molecule has 88 valence electrons. The Kier molecular flexibility index (Phi) is 5.05. The monoisotopic (exact) mass is 213 g/mol. The topological polar surface area (TPSA) is 58.4 Å². The number of hydrogen-bond acceptors (Lipinski definition) is 3. The summed E-state index contributed by atoms with van der Waals surface area (Å²) in [7, 11) is 0. The molecule has 0 aromatic heterocycles. The molecular formula is C11H23N3O. The normalized spacial score (nSPS) is 23.3. The Morgan fingerprint density at radius 2 is 2.27 bits per heavy atom. The Labute approximate surface area is 92.2 Å². The minimum Gasteiger partial charge on any atom is -0.369 e. The summed E-state index contributed by atoms with van der Waals surface area (Å²) in [6, 6.07) is 0.982. The number of piperidine rings is 1. The van der Waals surface area contributed by atoms with E-state index in [0.717, 1.165) is 13.1 Å². The number of primary amides is 1. The van der Waals surface area contributed by atoms with Crippen molar-refractivity contribution in [1.82, 2.24) is 10.2 Å². The van der Waals surface area contributed by atoms with E-state index in [1.807, 2.05) is 0 Å². The molecule has 1 rings (SSSR count). The fraction of sp³-hybridized carbons (Fsp3) is 0.909. The molecule has 0 aromatic rings. The van der Waals surface area contributed by atoms with Gasteiger partial charge in [-0.25, -0.2) is 0 Å². The van der Waals surface area contributed by atoms with Crippen molar-refractivity contribution in [2.75, 3.05) is 19.6 Å². The smallest absolute Gasteiger partial charge is 0.231 e. The maximum Gasteiger partial charge on any atom is 0.231 e. The van der Waals surface area contributed by atoms with Crippen molar-refractivity contribution in [2.24, 2.45) is 5.73 Å². The largest absolute Gasteiger partial charge is 0.369 e.